The molecule has 0 radical (unpaired) electrons. The summed E-state index contributed by atoms with van der Waals surface area (Å²) >= 11 is 0. The number of rotatable bonds is 3. The summed E-state index contributed by atoms with van der Waals surface area (Å²) in [5, 5.41) is 3.68. The first-order chi connectivity index (χ1) is 7.65. The molecular weight excluding hydrogens is 196 g/mol. The van der Waals surface area contributed by atoms with Gasteiger partial charge in [0.1, 0.15) is 0 Å². The van der Waals surface area contributed by atoms with Crippen LogP contribution in [0.3, 0.4) is 0 Å². The summed E-state index contributed by atoms with van der Waals surface area (Å²) in [4.78, 5) is 0. The molecule has 0 aliphatic heterocycles. The van der Waals surface area contributed by atoms with Gasteiger partial charge in [0.2, 0.25) is 0 Å². The molecule has 2 nitrogen and oxygen atoms in total. The van der Waals surface area contributed by atoms with Crippen molar-refractivity contribution in [2.24, 2.45) is 11.7 Å². The predicted molar refractivity (Wildman–Crippen MR) is 69.6 cm³/mol. The van der Waals surface area contributed by atoms with Gasteiger partial charge < -0.3 is 11.1 Å². The molecule has 0 spiro atoms. The number of hydrogen-bond donors (Lipinski definition) is 2. The summed E-state index contributed by atoms with van der Waals surface area (Å²) in [6.45, 7) is 5.19. The third kappa shape index (κ3) is 2.22. The van der Waals surface area contributed by atoms with E-state index in [1.165, 1.54) is 30.5 Å². The van der Waals surface area contributed by atoms with E-state index in [1.807, 2.05) is 0 Å². The lowest BCUT2D eigenvalue weighted by molar-refractivity contribution is 0.470. The standard InChI is InChI=1S/C14H22N2/c1-11-7-8-14(9-11,10-15)16-13-6-4-3-5-12(13)2/h3-6,11,16H,7-10,15H2,1-2H3. The highest BCUT2D eigenvalue weighted by Crippen LogP contribution is 2.36. The van der Waals surface area contributed by atoms with Crippen molar-refractivity contribution in [3.05, 3.63) is 29.8 Å². The molecule has 2 rings (SSSR count). The van der Waals surface area contributed by atoms with Gasteiger partial charge in [-0.25, -0.2) is 0 Å². The van der Waals surface area contributed by atoms with E-state index < -0.39 is 0 Å². The maximum atomic E-state index is 5.97. The lowest BCUT2D eigenvalue weighted by Gasteiger charge is -2.31. The van der Waals surface area contributed by atoms with Crippen LogP contribution in [0.25, 0.3) is 0 Å². The molecule has 16 heavy (non-hydrogen) atoms. The third-order valence-electron chi connectivity index (χ3n) is 3.79. The van der Waals surface area contributed by atoms with Gasteiger partial charge in [-0.2, -0.15) is 0 Å². The smallest absolute Gasteiger partial charge is 0.0498 e. The van der Waals surface area contributed by atoms with Crippen LogP contribution >= 0.6 is 0 Å². The molecule has 2 atom stereocenters. The van der Waals surface area contributed by atoms with E-state index in [0.29, 0.717) is 0 Å². The summed E-state index contributed by atoms with van der Waals surface area (Å²) in [6.07, 6.45) is 3.67. The van der Waals surface area contributed by atoms with Gasteiger partial charge in [-0.15, -0.1) is 0 Å². The van der Waals surface area contributed by atoms with Crippen molar-refractivity contribution in [1.29, 1.82) is 0 Å². The van der Waals surface area contributed by atoms with Gasteiger partial charge in [0.15, 0.2) is 0 Å². The Morgan fingerprint density at radius 1 is 1.44 bits per heavy atom. The maximum absolute atomic E-state index is 5.97. The number of hydrogen-bond acceptors (Lipinski definition) is 2. The first-order valence-electron chi connectivity index (χ1n) is 6.19. The number of nitrogens with one attached hydrogen (secondary N) is 1. The lowest BCUT2D eigenvalue weighted by Crippen LogP contribution is -2.43. The normalized spacial score (nSPS) is 29.3. The highest BCUT2D eigenvalue weighted by Gasteiger charge is 2.36. The Bertz CT molecular complexity index is 362. The maximum Gasteiger partial charge on any atom is 0.0498 e. The Morgan fingerprint density at radius 2 is 2.19 bits per heavy atom. The number of para-hydroxylation sites is 1. The van der Waals surface area contributed by atoms with Gasteiger partial charge in [0, 0.05) is 17.8 Å². The zero-order valence-electron chi connectivity index (χ0n) is 10.3. The fourth-order valence-corrected chi connectivity index (χ4v) is 2.74. The highest BCUT2D eigenvalue weighted by atomic mass is 15.0. The van der Waals surface area contributed by atoms with Gasteiger partial charge in [-0.3, -0.25) is 0 Å². The van der Waals surface area contributed by atoms with Gasteiger partial charge in [0.25, 0.3) is 0 Å². The summed E-state index contributed by atoms with van der Waals surface area (Å²) in [6, 6.07) is 8.45. The minimum atomic E-state index is 0.130. The van der Waals surface area contributed by atoms with Crippen molar-refractivity contribution in [2.45, 2.75) is 38.6 Å². The highest BCUT2D eigenvalue weighted by molar-refractivity contribution is 5.52. The van der Waals surface area contributed by atoms with Crippen molar-refractivity contribution in [3.63, 3.8) is 0 Å². The van der Waals surface area contributed by atoms with E-state index in [4.69, 9.17) is 5.73 Å². The number of aryl methyl sites for hydroxylation is 1. The van der Waals surface area contributed by atoms with Crippen LogP contribution in [0.15, 0.2) is 24.3 Å². The van der Waals surface area contributed by atoms with Crippen molar-refractivity contribution < 1.29 is 0 Å². The number of benzene rings is 1. The molecule has 1 aliphatic carbocycles. The quantitative estimate of drug-likeness (QED) is 0.818. The van der Waals surface area contributed by atoms with Crippen LogP contribution < -0.4 is 11.1 Å². The summed E-state index contributed by atoms with van der Waals surface area (Å²) in [5.41, 5.74) is 8.64. The van der Waals surface area contributed by atoms with Crippen LogP contribution in [0.2, 0.25) is 0 Å². The zero-order valence-corrected chi connectivity index (χ0v) is 10.3. The second-order valence-corrected chi connectivity index (χ2v) is 5.27. The average Bonchev–Trinajstić information content (AvgIpc) is 2.65. The summed E-state index contributed by atoms with van der Waals surface area (Å²) < 4.78 is 0. The van der Waals surface area contributed by atoms with Crippen LogP contribution in [0.4, 0.5) is 5.69 Å². The van der Waals surface area contributed by atoms with Gasteiger partial charge >= 0.3 is 0 Å². The van der Waals surface area contributed by atoms with E-state index in [9.17, 15) is 0 Å². The van der Waals surface area contributed by atoms with Gasteiger partial charge in [0.05, 0.1) is 0 Å². The molecule has 0 bridgehead atoms. The fourth-order valence-electron chi connectivity index (χ4n) is 2.74. The van der Waals surface area contributed by atoms with Crippen LogP contribution in [0.1, 0.15) is 31.7 Å². The zero-order chi connectivity index (χ0) is 11.6. The Labute approximate surface area is 98.2 Å². The second-order valence-electron chi connectivity index (χ2n) is 5.27. The van der Waals surface area contributed by atoms with Crippen molar-refractivity contribution in [1.82, 2.24) is 0 Å². The Hall–Kier alpha value is -1.02. The molecule has 0 amide bonds. The molecule has 88 valence electrons. The molecule has 2 unspecified atom stereocenters. The largest absolute Gasteiger partial charge is 0.378 e. The topological polar surface area (TPSA) is 38.0 Å². The molecule has 1 fully saturated rings. The van der Waals surface area contributed by atoms with Crippen LogP contribution in [-0.4, -0.2) is 12.1 Å². The number of anilines is 1. The Kier molecular flexibility index (Phi) is 3.20. The molecule has 1 aromatic carbocycles. The molecule has 0 saturated heterocycles. The molecular formula is C14H22N2. The van der Waals surface area contributed by atoms with Crippen LogP contribution in [0, 0.1) is 12.8 Å². The van der Waals surface area contributed by atoms with Crippen molar-refractivity contribution in [2.75, 3.05) is 11.9 Å². The van der Waals surface area contributed by atoms with Crippen LogP contribution in [-0.2, 0) is 0 Å². The van der Waals surface area contributed by atoms with E-state index >= 15 is 0 Å². The molecule has 1 aliphatic rings. The Balaban J connectivity index is 2.16. The van der Waals surface area contributed by atoms with Gasteiger partial charge in [-0.1, -0.05) is 25.1 Å². The fraction of sp³-hybridized carbons (Fsp3) is 0.571. The minimum Gasteiger partial charge on any atom is -0.378 e. The summed E-state index contributed by atoms with van der Waals surface area (Å²) in [5.74, 6) is 0.792. The van der Waals surface area contributed by atoms with E-state index in [0.717, 1.165) is 12.5 Å². The second kappa shape index (κ2) is 4.46. The van der Waals surface area contributed by atoms with E-state index in [-0.39, 0.29) is 5.54 Å². The minimum absolute atomic E-state index is 0.130. The SMILES string of the molecule is Cc1ccccc1NC1(CN)CCC(C)C1. The molecule has 1 aromatic rings. The summed E-state index contributed by atoms with van der Waals surface area (Å²) in [7, 11) is 0. The first-order valence-corrected chi connectivity index (χ1v) is 6.19. The Morgan fingerprint density at radius 3 is 2.75 bits per heavy atom. The predicted octanol–water partition coefficient (Wildman–Crippen LogP) is 2.92. The molecule has 2 heteroatoms. The van der Waals surface area contributed by atoms with E-state index in [2.05, 4.69) is 43.4 Å². The third-order valence-corrected chi connectivity index (χ3v) is 3.79. The van der Waals surface area contributed by atoms with Crippen LogP contribution in [0.5, 0.6) is 0 Å². The van der Waals surface area contributed by atoms with Gasteiger partial charge in [-0.05, 0) is 43.7 Å². The molecule has 0 heterocycles. The molecule has 0 aromatic heterocycles. The first kappa shape index (κ1) is 11.5. The average molecular weight is 218 g/mol. The molecule has 3 N–H and O–H groups in total. The molecule has 1 saturated carbocycles. The van der Waals surface area contributed by atoms with E-state index in [1.54, 1.807) is 0 Å². The van der Waals surface area contributed by atoms with Crippen molar-refractivity contribution >= 4 is 5.69 Å². The lowest BCUT2D eigenvalue weighted by atomic mass is 9.95. The number of nitrogens with two attached hydrogens (primary N) is 1. The monoisotopic (exact) mass is 218 g/mol. The van der Waals surface area contributed by atoms with Crippen molar-refractivity contribution in [3.8, 4) is 0 Å².